The first kappa shape index (κ1) is 5.60. The van der Waals surface area contributed by atoms with Crippen molar-refractivity contribution in [3.63, 3.8) is 0 Å². The fourth-order valence-electron chi connectivity index (χ4n) is 0.296. The number of nitrogens with one attached hydrogen (secondary N) is 1. The number of halogens is 2. The van der Waals surface area contributed by atoms with Crippen molar-refractivity contribution < 1.29 is 0 Å². The maximum absolute atomic E-state index is 5.52. The van der Waals surface area contributed by atoms with Crippen molar-refractivity contribution in [1.82, 2.24) is 5.32 Å². The van der Waals surface area contributed by atoms with E-state index in [1.54, 1.807) is 5.41 Å². The van der Waals surface area contributed by atoms with Gasteiger partial charge in [0.05, 0.1) is 0 Å². The van der Waals surface area contributed by atoms with E-state index in [2.05, 4.69) is 5.32 Å². The van der Waals surface area contributed by atoms with Crippen LogP contribution in [0, 0.1) is 0 Å². The van der Waals surface area contributed by atoms with Gasteiger partial charge in [0.1, 0.15) is 5.16 Å². The van der Waals surface area contributed by atoms with Crippen LogP contribution in [-0.4, -0.2) is 4.83 Å². The highest BCUT2D eigenvalue weighted by Crippen LogP contribution is 2.24. The van der Waals surface area contributed by atoms with Crippen LogP contribution in [0.5, 0.6) is 0 Å². The Morgan fingerprint density at radius 2 is 2.57 bits per heavy atom. The summed E-state index contributed by atoms with van der Waals surface area (Å²) in [5.41, 5.74) is 0. The van der Waals surface area contributed by atoms with E-state index in [1.807, 2.05) is 0 Å². The lowest BCUT2D eigenvalue weighted by Crippen LogP contribution is -2.10. The van der Waals surface area contributed by atoms with E-state index in [0.29, 0.717) is 5.16 Å². The summed E-state index contributed by atoms with van der Waals surface area (Å²) in [7, 11) is 0. The lowest BCUT2D eigenvalue weighted by molar-refractivity contribution is 0.997. The molecule has 1 nitrogen and oxygen atoms in total. The van der Waals surface area contributed by atoms with Crippen LogP contribution in [0.25, 0.3) is 0 Å². The fourth-order valence-corrected chi connectivity index (χ4v) is 1.45. The highest BCUT2D eigenvalue weighted by Gasteiger charge is 2.09. The molecule has 1 atom stereocenters. The summed E-state index contributed by atoms with van der Waals surface area (Å²) < 4.78 is 0. The molecule has 0 amide bonds. The molecule has 0 bridgehead atoms. The molecule has 1 rings (SSSR count). The van der Waals surface area contributed by atoms with Crippen LogP contribution in [-0.2, 0) is 0 Å². The third-order valence-corrected chi connectivity index (χ3v) is 2.04. The van der Waals surface area contributed by atoms with E-state index >= 15 is 0 Å². The van der Waals surface area contributed by atoms with Crippen LogP contribution in [0.1, 0.15) is 0 Å². The number of hydrogen-bond acceptors (Lipinski definition) is 2. The summed E-state index contributed by atoms with van der Waals surface area (Å²) in [6, 6.07) is 0. The number of thioether (sulfide) groups is 1. The second-order valence-electron chi connectivity index (χ2n) is 1.06. The average molecular weight is 156 g/mol. The van der Waals surface area contributed by atoms with Gasteiger partial charge >= 0.3 is 0 Å². The molecule has 4 heteroatoms. The molecule has 1 unspecified atom stereocenters. The standard InChI is InChI=1S/C3H3Cl2NS/c4-2-1-7-3(5)6-2/h1,3,6H. The van der Waals surface area contributed by atoms with Crippen molar-refractivity contribution in [2.75, 3.05) is 0 Å². The summed E-state index contributed by atoms with van der Waals surface area (Å²) >= 11 is 12.4. The zero-order chi connectivity index (χ0) is 5.28. The lowest BCUT2D eigenvalue weighted by Gasteiger charge is -1.96. The summed E-state index contributed by atoms with van der Waals surface area (Å²) in [4.78, 5) is -0.0625. The highest BCUT2D eigenvalue weighted by molar-refractivity contribution is 8.04. The van der Waals surface area contributed by atoms with Gasteiger partial charge in [0, 0.05) is 5.41 Å². The minimum absolute atomic E-state index is 0.0625. The Labute approximate surface area is 56.1 Å². The van der Waals surface area contributed by atoms with Gasteiger partial charge in [0.2, 0.25) is 0 Å². The van der Waals surface area contributed by atoms with E-state index in [0.717, 1.165) is 0 Å². The molecule has 0 aromatic heterocycles. The molecule has 0 aromatic rings. The zero-order valence-electron chi connectivity index (χ0n) is 3.32. The van der Waals surface area contributed by atoms with Crippen LogP contribution in [0.15, 0.2) is 10.6 Å². The Morgan fingerprint density at radius 1 is 1.86 bits per heavy atom. The second-order valence-corrected chi connectivity index (χ2v) is 3.14. The van der Waals surface area contributed by atoms with E-state index in [-0.39, 0.29) is 4.83 Å². The van der Waals surface area contributed by atoms with E-state index in [1.165, 1.54) is 11.8 Å². The van der Waals surface area contributed by atoms with Gasteiger partial charge in [-0.25, -0.2) is 0 Å². The van der Waals surface area contributed by atoms with Gasteiger partial charge in [-0.15, -0.1) is 0 Å². The van der Waals surface area contributed by atoms with Crippen molar-refractivity contribution in [3.8, 4) is 0 Å². The van der Waals surface area contributed by atoms with Crippen molar-refractivity contribution >= 4 is 35.0 Å². The van der Waals surface area contributed by atoms with Gasteiger partial charge < -0.3 is 5.32 Å². The van der Waals surface area contributed by atoms with Crippen molar-refractivity contribution in [1.29, 1.82) is 0 Å². The van der Waals surface area contributed by atoms with Crippen LogP contribution >= 0.6 is 35.0 Å². The van der Waals surface area contributed by atoms with Crippen LogP contribution in [0.3, 0.4) is 0 Å². The molecular weight excluding hydrogens is 153 g/mol. The van der Waals surface area contributed by atoms with Crippen LogP contribution in [0.4, 0.5) is 0 Å². The Bertz CT molecular complexity index is 103. The molecule has 40 valence electrons. The minimum atomic E-state index is -0.0625. The molecule has 1 N–H and O–H groups in total. The van der Waals surface area contributed by atoms with Gasteiger partial charge in [0.25, 0.3) is 0 Å². The van der Waals surface area contributed by atoms with Crippen molar-refractivity contribution in [2.24, 2.45) is 0 Å². The molecule has 0 aliphatic carbocycles. The van der Waals surface area contributed by atoms with Gasteiger partial charge in [-0.2, -0.15) is 0 Å². The van der Waals surface area contributed by atoms with Gasteiger partial charge in [-0.3, -0.25) is 0 Å². The molecule has 0 aromatic carbocycles. The maximum Gasteiger partial charge on any atom is 0.153 e. The summed E-state index contributed by atoms with van der Waals surface area (Å²) in [5.74, 6) is 0. The van der Waals surface area contributed by atoms with Gasteiger partial charge in [0.15, 0.2) is 4.83 Å². The topological polar surface area (TPSA) is 12.0 Å². The average Bonchev–Trinajstić information content (AvgIpc) is 1.87. The Hall–Kier alpha value is 0.470. The normalized spacial score (nSPS) is 29.4. The Balaban J connectivity index is 2.42. The smallest absolute Gasteiger partial charge is 0.153 e. The van der Waals surface area contributed by atoms with Crippen LogP contribution < -0.4 is 5.32 Å². The maximum atomic E-state index is 5.52. The summed E-state index contributed by atoms with van der Waals surface area (Å²) in [5, 5.41) is 5.18. The monoisotopic (exact) mass is 155 g/mol. The molecule has 1 aliphatic rings. The minimum Gasteiger partial charge on any atom is -0.351 e. The predicted molar refractivity (Wildman–Crippen MR) is 34.3 cm³/mol. The Morgan fingerprint density at radius 3 is 2.71 bits per heavy atom. The highest BCUT2D eigenvalue weighted by atomic mass is 35.5. The first-order valence-electron chi connectivity index (χ1n) is 1.71. The van der Waals surface area contributed by atoms with Crippen molar-refractivity contribution in [3.05, 3.63) is 10.6 Å². The molecule has 7 heavy (non-hydrogen) atoms. The number of hydrogen-bond donors (Lipinski definition) is 1. The van der Waals surface area contributed by atoms with Gasteiger partial charge in [-0.1, -0.05) is 35.0 Å². The van der Waals surface area contributed by atoms with E-state index < -0.39 is 0 Å². The largest absolute Gasteiger partial charge is 0.351 e. The predicted octanol–water partition coefficient (Wildman–Crippen LogP) is 1.88. The lowest BCUT2D eigenvalue weighted by atomic mass is 11.0. The number of alkyl halides is 1. The third kappa shape index (κ3) is 1.44. The molecule has 1 heterocycles. The summed E-state index contributed by atoms with van der Waals surface area (Å²) in [6.07, 6.45) is 0. The van der Waals surface area contributed by atoms with E-state index in [4.69, 9.17) is 23.2 Å². The third-order valence-electron chi connectivity index (χ3n) is 0.542. The zero-order valence-corrected chi connectivity index (χ0v) is 5.65. The molecule has 1 aliphatic heterocycles. The molecule has 0 saturated carbocycles. The molecule has 0 radical (unpaired) electrons. The summed E-state index contributed by atoms with van der Waals surface area (Å²) in [6.45, 7) is 0. The molecular formula is C3H3Cl2NS. The van der Waals surface area contributed by atoms with Crippen LogP contribution in [0.2, 0.25) is 0 Å². The molecule has 0 saturated heterocycles. The number of rotatable bonds is 0. The van der Waals surface area contributed by atoms with Gasteiger partial charge in [-0.05, 0) is 0 Å². The Kier molecular flexibility index (Phi) is 1.73. The fraction of sp³-hybridized carbons (Fsp3) is 0.333. The first-order valence-corrected chi connectivity index (χ1v) is 3.46. The molecule has 0 spiro atoms. The quantitative estimate of drug-likeness (QED) is 0.424. The molecule has 0 fully saturated rings. The second kappa shape index (κ2) is 2.16. The first-order chi connectivity index (χ1) is 3.29. The SMILES string of the molecule is ClC1=CSC(Cl)N1. The van der Waals surface area contributed by atoms with Crippen molar-refractivity contribution in [2.45, 2.75) is 4.83 Å². The van der Waals surface area contributed by atoms with E-state index in [9.17, 15) is 0 Å².